The van der Waals surface area contributed by atoms with E-state index < -0.39 is 0 Å². The van der Waals surface area contributed by atoms with Crippen molar-refractivity contribution < 1.29 is 0 Å². The molecule has 22 heavy (non-hydrogen) atoms. The molecule has 0 atom stereocenters. The quantitative estimate of drug-likeness (QED) is 0.704. The maximum atomic E-state index is 6.01. The fraction of sp³-hybridized carbons (Fsp3) is 0.125. The van der Waals surface area contributed by atoms with Crippen molar-refractivity contribution in [3.8, 4) is 11.4 Å². The van der Waals surface area contributed by atoms with Crippen LogP contribution in [0.3, 0.4) is 0 Å². The van der Waals surface area contributed by atoms with Crippen molar-refractivity contribution in [2.75, 3.05) is 5.73 Å². The smallest absolute Gasteiger partial charge is 0.181 e. The van der Waals surface area contributed by atoms with Gasteiger partial charge in [0.15, 0.2) is 5.82 Å². The van der Waals surface area contributed by atoms with Gasteiger partial charge in [0.05, 0.1) is 0 Å². The lowest BCUT2D eigenvalue weighted by Gasteiger charge is -2.01. The molecule has 112 valence electrons. The summed E-state index contributed by atoms with van der Waals surface area (Å²) in [6.45, 7) is 1.96. The third kappa shape index (κ3) is 3.24. The number of aromatic amines is 1. The van der Waals surface area contributed by atoms with Gasteiger partial charge in [-0.2, -0.15) is 5.10 Å². The Morgan fingerprint density at radius 2 is 1.82 bits per heavy atom. The molecule has 0 aliphatic carbocycles. The second kappa shape index (κ2) is 5.99. The van der Waals surface area contributed by atoms with Gasteiger partial charge in [-0.15, -0.1) is 0 Å². The van der Waals surface area contributed by atoms with Crippen LogP contribution in [0.25, 0.3) is 11.4 Å². The average Bonchev–Trinajstić information content (AvgIpc) is 2.89. The van der Waals surface area contributed by atoms with Gasteiger partial charge in [0.1, 0.15) is 5.82 Å². The molecule has 0 saturated heterocycles. The standard InChI is InChI=1S/C16H14Cl2N4/c1-9-2-3-11(7-14(9)19)16-20-15(21-22-16)6-10-4-12(17)8-13(18)5-10/h2-5,7-8H,6,19H2,1H3,(H,20,21,22). The number of aryl methyl sites for hydroxylation is 1. The minimum Gasteiger partial charge on any atom is -0.398 e. The number of nitrogens with one attached hydrogen (secondary N) is 1. The van der Waals surface area contributed by atoms with Crippen molar-refractivity contribution in [2.24, 2.45) is 0 Å². The molecular weight excluding hydrogens is 319 g/mol. The molecule has 0 amide bonds. The van der Waals surface area contributed by atoms with Crippen molar-refractivity contribution in [1.82, 2.24) is 15.2 Å². The number of nitrogens with two attached hydrogens (primary N) is 1. The number of aromatic nitrogens is 3. The average molecular weight is 333 g/mol. The second-order valence-corrected chi connectivity index (χ2v) is 6.00. The zero-order chi connectivity index (χ0) is 15.7. The number of nitrogens with zero attached hydrogens (tertiary/aromatic N) is 2. The van der Waals surface area contributed by atoms with E-state index in [1.54, 1.807) is 6.07 Å². The molecule has 0 fully saturated rings. The lowest BCUT2D eigenvalue weighted by atomic mass is 10.1. The Labute approximate surface area is 138 Å². The van der Waals surface area contributed by atoms with E-state index in [9.17, 15) is 0 Å². The van der Waals surface area contributed by atoms with Crippen LogP contribution in [0.15, 0.2) is 36.4 Å². The fourth-order valence-corrected chi connectivity index (χ4v) is 2.76. The van der Waals surface area contributed by atoms with Crippen molar-refractivity contribution in [3.05, 3.63) is 63.4 Å². The van der Waals surface area contributed by atoms with Crippen molar-refractivity contribution in [3.63, 3.8) is 0 Å². The number of H-pyrrole nitrogens is 1. The van der Waals surface area contributed by atoms with Crippen molar-refractivity contribution >= 4 is 28.9 Å². The molecule has 0 saturated carbocycles. The van der Waals surface area contributed by atoms with Crippen molar-refractivity contribution in [2.45, 2.75) is 13.3 Å². The number of rotatable bonds is 3. The van der Waals surface area contributed by atoms with Crippen LogP contribution >= 0.6 is 23.2 Å². The first-order valence-electron chi connectivity index (χ1n) is 6.74. The number of nitrogen functional groups attached to an aromatic ring is 1. The largest absolute Gasteiger partial charge is 0.398 e. The minimum atomic E-state index is 0.578. The zero-order valence-corrected chi connectivity index (χ0v) is 13.4. The summed E-state index contributed by atoms with van der Waals surface area (Å²) in [5, 5.41) is 8.39. The Bertz CT molecular complexity index is 807. The van der Waals surface area contributed by atoms with E-state index in [1.165, 1.54) is 0 Å². The molecule has 3 N–H and O–H groups in total. The van der Waals surface area contributed by atoms with Gasteiger partial charge in [-0.3, -0.25) is 5.10 Å². The third-order valence-electron chi connectivity index (χ3n) is 3.36. The topological polar surface area (TPSA) is 67.6 Å². The highest BCUT2D eigenvalue weighted by Crippen LogP contribution is 2.23. The molecular formula is C16H14Cl2N4. The lowest BCUT2D eigenvalue weighted by Crippen LogP contribution is -1.92. The molecule has 3 rings (SSSR count). The van der Waals surface area contributed by atoms with Crippen LogP contribution in [0, 0.1) is 6.92 Å². The van der Waals surface area contributed by atoms with Crippen LogP contribution in [0.5, 0.6) is 0 Å². The Morgan fingerprint density at radius 1 is 1.09 bits per heavy atom. The van der Waals surface area contributed by atoms with E-state index in [2.05, 4.69) is 15.2 Å². The molecule has 0 aliphatic heterocycles. The summed E-state index contributed by atoms with van der Waals surface area (Å²) >= 11 is 12.0. The van der Waals surface area contributed by atoms with Crippen LogP contribution in [0.4, 0.5) is 5.69 Å². The predicted octanol–water partition coefficient (Wildman–Crippen LogP) is 4.26. The van der Waals surface area contributed by atoms with Gasteiger partial charge < -0.3 is 5.73 Å². The van der Waals surface area contributed by atoms with Crippen LogP contribution in [-0.4, -0.2) is 15.2 Å². The zero-order valence-electron chi connectivity index (χ0n) is 11.9. The van der Waals surface area contributed by atoms with E-state index in [1.807, 2.05) is 37.3 Å². The Balaban J connectivity index is 1.85. The molecule has 2 aromatic carbocycles. The van der Waals surface area contributed by atoms with E-state index in [4.69, 9.17) is 28.9 Å². The number of hydrogen-bond donors (Lipinski definition) is 2. The molecule has 6 heteroatoms. The van der Waals surface area contributed by atoms with E-state index in [0.29, 0.717) is 22.3 Å². The second-order valence-electron chi connectivity index (χ2n) is 5.13. The molecule has 4 nitrogen and oxygen atoms in total. The lowest BCUT2D eigenvalue weighted by molar-refractivity contribution is 0.973. The van der Waals surface area contributed by atoms with E-state index >= 15 is 0 Å². The normalized spacial score (nSPS) is 10.9. The number of halogens is 2. The van der Waals surface area contributed by atoms with Crippen LogP contribution in [-0.2, 0) is 6.42 Å². The fourth-order valence-electron chi connectivity index (χ4n) is 2.19. The highest BCUT2D eigenvalue weighted by Gasteiger charge is 2.08. The Hall–Kier alpha value is -2.04. The summed E-state index contributed by atoms with van der Waals surface area (Å²) in [7, 11) is 0. The van der Waals surface area contributed by atoms with Gasteiger partial charge in [0, 0.05) is 27.7 Å². The SMILES string of the molecule is Cc1ccc(-c2n[nH]c(Cc3cc(Cl)cc(Cl)c3)n2)cc1N. The highest BCUT2D eigenvalue weighted by molar-refractivity contribution is 6.34. The van der Waals surface area contributed by atoms with E-state index in [-0.39, 0.29) is 0 Å². The van der Waals surface area contributed by atoms with Crippen LogP contribution in [0.1, 0.15) is 17.0 Å². The van der Waals surface area contributed by atoms with Crippen LogP contribution in [0.2, 0.25) is 10.0 Å². The van der Waals surface area contributed by atoms with Gasteiger partial charge in [0.25, 0.3) is 0 Å². The van der Waals surface area contributed by atoms with Gasteiger partial charge in [-0.1, -0.05) is 35.3 Å². The minimum absolute atomic E-state index is 0.578. The molecule has 0 unspecified atom stereocenters. The first kappa shape index (κ1) is 14.9. The Morgan fingerprint density at radius 3 is 2.50 bits per heavy atom. The molecule has 0 radical (unpaired) electrons. The highest BCUT2D eigenvalue weighted by atomic mass is 35.5. The van der Waals surface area contributed by atoms with Gasteiger partial charge in [-0.25, -0.2) is 4.98 Å². The van der Waals surface area contributed by atoms with E-state index in [0.717, 1.165) is 28.2 Å². The molecule has 0 aliphatic rings. The molecule has 1 aromatic heterocycles. The molecule has 3 aromatic rings. The molecule has 0 bridgehead atoms. The molecule has 1 heterocycles. The monoisotopic (exact) mass is 332 g/mol. The summed E-state index contributed by atoms with van der Waals surface area (Å²) in [6.07, 6.45) is 0.578. The summed E-state index contributed by atoms with van der Waals surface area (Å²) < 4.78 is 0. The van der Waals surface area contributed by atoms with Gasteiger partial charge in [0.2, 0.25) is 0 Å². The van der Waals surface area contributed by atoms with Crippen LogP contribution < -0.4 is 5.73 Å². The predicted molar refractivity (Wildman–Crippen MR) is 90.2 cm³/mol. The summed E-state index contributed by atoms with van der Waals surface area (Å²) in [5.41, 5.74) is 9.55. The number of benzene rings is 2. The van der Waals surface area contributed by atoms with Gasteiger partial charge in [-0.05, 0) is 42.3 Å². The first-order valence-corrected chi connectivity index (χ1v) is 7.49. The maximum absolute atomic E-state index is 6.01. The first-order chi connectivity index (χ1) is 10.5. The van der Waals surface area contributed by atoms with Crippen molar-refractivity contribution in [1.29, 1.82) is 0 Å². The summed E-state index contributed by atoms with van der Waals surface area (Å²) in [4.78, 5) is 4.50. The number of anilines is 1. The summed E-state index contributed by atoms with van der Waals surface area (Å²) in [5.74, 6) is 1.36. The maximum Gasteiger partial charge on any atom is 0.181 e. The summed E-state index contributed by atoms with van der Waals surface area (Å²) in [6, 6.07) is 11.2. The molecule has 0 spiro atoms. The third-order valence-corrected chi connectivity index (χ3v) is 3.80. The Kier molecular flexibility index (Phi) is 4.05. The number of hydrogen-bond acceptors (Lipinski definition) is 3. The van der Waals surface area contributed by atoms with Gasteiger partial charge >= 0.3 is 0 Å².